The summed E-state index contributed by atoms with van der Waals surface area (Å²) in [5.74, 6) is 8.11. The van der Waals surface area contributed by atoms with Crippen LogP contribution in [-0.2, 0) is 4.79 Å². The number of anilines is 1. The first-order valence-corrected chi connectivity index (χ1v) is 11.1. The van der Waals surface area contributed by atoms with Gasteiger partial charge in [0.05, 0.1) is 17.0 Å². The van der Waals surface area contributed by atoms with Crippen LogP contribution in [0, 0.1) is 11.8 Å². The molecule has 1 saturated carbocycles. The van der Waals surface area contributed by atoms with Crippen LogP contribution in [0.4, 0.5) is 5.82 Å². The van der Waals surface area contributed by atoms with Crippen molar-refractivity contribution in [1.29, 1.82) is 0 Å². The molecule has 2 aliphatic rings. The smallest absolute Gasteiger partial charge is 0.246 e. The monoisotopic (exact) mass is 438 g/mol. The fourth-order valence-corrected chi connectivity index (χ4v) is 4.45. The number of carbonyl (C=O) groups excluding carboxylic acids is 1. The Labute approximate surface area is 190 Å². The second kappa shape index (κ2) is 7.48. The quantitative estimate of drug-likeness (QED) is 0.388. The van der Waals surface area contributed by atoms with E-state index < -0.39 is 0 Å². The van der Waals surface area contributed by atoms with Crippen molar-refractivity contribution in [2.24, 2.45) is 0 Å². The highest BCUT2D eigenvalue weighted by Gasteiger charge is 2.29. The number of fused-ring (bicyclic) bond motifs is 2. The normalized spacial score (nSPS) is 17.9. The van der Waals surface area contributed by atoms with Gasteiger partial charge in [0.15, 0.2) is 11.5 Å². The summed E-state index contributed by atoms with van der Waals surface area (Å²) in [6.07, 6.45) is 7.90. The van der Waals surface area contributed by atoms with Crippen LogP contribution in [0.3, 0.4) is 0 Å². The zero-order valence-corrected chi connectivity index (χ0v) is 18.0. The van der Waals surface area contributed by atoms with Crippen LogP contribution in [0.5, 0.6) is 0 Å². The molecular weight excluding hydrogens is 416 g/mol. The molecule has 0 unspecified atom stereocenters. The summed E-state index contributed by atoms with van der Waals surface area (Å²) in [4.78, 5) is 27.1. The molecule has 4 aromatic rings. The number of nitrogens with two attached hydrogens (primary N) is 1. The molecule has 0 bridgehead atoms. The first kappa shape index (κ1) is 19.6. The fourth-order valence-electron chi connectivity index (χ4n) is 4.45. The Morgan fingerprint density at radius 3 is 2.94 bits per heavy atom. The lowest BCUT2D eigenvalue weighted by molar-refractivity contribution is -0.125. The number of hydrogen-bond donors (Lipinski definition) is 1. The molecule has 8 heteroatoms. The molecule has 4 heterocycles. The average molecular weight is 438 g/mol. The van der Waals surface area contributed by atoms with Crippen molar-refractivity contribution in [3.63, 3.8) is 0 Å². The number of rotatable bonds is 3. The van der Waals surface area contributed by atoms with Gasteiger partial charge in [0, 0.05) is 30.8 Å². The van der Waals surface area contributed by atoms with Gasteiger partial charge in [-0.3, -0.25) is 4.79 Å². The molecule has 1 atom stereocenters. The van der Waals surface area contributed by atoms with Crippen LogP contribution >= 0.6 is 0 Å². The number of aromatic nitrogens is 4. The molecule has 0 spiro atoms. The number of hydrogen-bond acceptors (Lipinski definition) is 6. The Morgan fingerprint density at radius 1 is 1.24 bits per heavy atom. The molecule has 2 N–H and O–H groups in total. The number of nitrogen functional groups attached to an aromatic ring is 1. The SMILES string of the molecule is C=CC(=O)N1CC[C@H](n2cc(C#Cc3ccc4oc(C5CC5)nc4c3)c3c(N)ncnc32)C1. The van der Waals surface area contributed by atoms with E-state index in [1.807, 2.05) is 24.4 Å². The summed E-state index contributed by atoms with van der Waals surface area (Å²) in [6, 6.07) is 5.90. The highest BCUT2D eigenvalue weighted by Crippen LogP contribution is 2.40. The fraction of sp³-hybridized carbons (Fsp3) is 0.280. The van der Waals surface area contributed by atoms with Crippen LogP contribution in [0.25, 0.3) is 22.1 Å². The lowest BCUT2D eigenvalue weighted by Crippen LogP contribution is -2.27. The Morgan fingerprint density at radius 2 is 2.12 bits per heavy atom. The molecule has 1 amide bonds. The van der Waals surface area contributed by atoms with Crippen LogP contribution in [-0.4, -0.2) is 43.4 Å². The van der Waals surface area contributed by atoms with Gasteiger partial charge in [0.1, 0.15) is 23.3 Å². The zero-order valence-electron chi connectivity index (χ0n) is 18.0. The van der Waals surface area contributed by atoms with Gasteiger partial charge in [0.2, 0.25) is 5.91 Å². The minimum Gasteiger partial charge on any atom is -0.440 e. The number of nitrogens with zero attached hydrogens (tertiary/aromatic N) is 5. The molecule has 164 valence electrons. The zero-order chi connectivity index (χ0) is 22.5. The first-order chi connectivity index (χ1) is 16.1. The molecule has 1 saturated heterocycles. The lowest BCUT2D eigenvalue weighted by atomic mass is 10.2. The highest BCUT2D eigenvalue weighted by molar-refractivity contribution is 5.92. The van der Waals surface area contributed by atoms with Gasteiger partial charge in [-0.2, -0.15) is 0 Å². The summed E-state index contributed by atoms with van der Waals surface area (Å²) < 4.78 is 7.91. The number of carbonyl (C=O) groups is 1. The van der Waals surface area contributed by atoms with Crippen molar-refractivity contribution in [1.82, 2.24) is 24.4 Å². The number of likely N-dealkylation sites (tertiary alicyclic amines) is 1. The van der Waals surface area contributed by atoms with Crippen molar-refractivity contribution in [3.05, 3.63) is 60.4 Å². The largest absolute Gasteiger partial charge is 0.440 e. The molecule has 0 radical (unpaired) electrons. The van der Waals surface area contributed by atoms with Crippen molar-refractivity contribution in [2.75, 3.05) is 18.8 Å². The van der Waals surface area contributed by atoms with Gasteiger partial charge in [-0.1, -0.05) is 18.4 Å². The minimum absolute atomic E-state index is 0.0591. The predicted octanol–water partition coefficient (Wildman–Crippen LogP) is 3.39. The topological polar surface area (TPSA) is 103 Å². The van der Waals surface area contributed by atoms with Gasteiger partial charge < -0.3 is 19.6 Å². The van der Waals surface area contributed by atoms with E-state index in [1.54, 1.807) is 4.90 Å². The molecule has 33 heavy (non-hydrogen) atoms. The first-order valence-electron chi connectivity index (χ1n) is 11.1. The number of amides is 1. The number of benzene rings is 1. The Bertz CT molecular complexity index is 1480. The van der Waals surface area contributed by atoms with Gasteiger partial charge in [0.25, 0.3) is 0 Å². The van der Waals surface area contributed by atoms with Gasteiger partial charge in [-0.05, 0) is 43.5 Å². The molecule has 3 aromatic heterocycles. The van der Waals surface area contributed by atoms with Crippen molar-refractivity contribution in [2.45, 2.75) is 31.2 Å². The Kier molecular flexibility index (Phi) is 4.44. The molecular formula is C25H22N6O2. The molecule has 2 fully saturated rings. The van der Waals surface area contributed by atoms with Crippen LogP contribution in [0.15, 0.2) is 47.8 Å². The van der Waals surface area contributed by atoms with E-state index in [-0.39, 0.29) is 11.9 Å². The van der Waals surface area contributed by atoms with Gasteiger partial charge >= 0.3 is 0 Å². The van der Waals surface area contributed by atoms with Crippen molar-refractivity contribution < 1.29 is 9.21 Å². The summed E-state index contributed by atoms with van der Waals surface area (Å²) in [7, 11) is 0. The van der Waals surface area contributed by atoms with Crippen LogP contribution in [0.2, 0.25) is 0 Å². The second-order valence-corrected chi connectivity index (χ2v) is 8.60. The van der Waals surface area contributed by atoms with Crippen LogP contribution in [0.1, 0.15) is 48.2 Å². The van der Waals surface area contributed by atoms with E-state index in [0.717, 1.165) is 58.4 Å². The highest BCUT2D eigenvalue weighted by atomic mass is 16.3. The summed E-state index contributed by atoms with van der Waals surface area (Å²) in [5, 5.41) is 0.733. The standard InChI is InChI=1S/C25H22N6O2/c1-2-21(32)30-10-9-18(13-30)31-12-17(22-23(26)27-14-28-24(22)31)5-3-15-4-8-20-19(11-15)29-25(33-20)16-6-7-16/h2,4,8,11-12,14,16,18H,1,6-7,9-10,13H2,(H2,26,27,28)/t18-/m0/s1. The second-order valence-electron chi connectivity index (χ2n) is 8.60. The predicted molar refractivity (Wildman–Crippen MR) is 124 cm³/mol. The van der Waals surface area contributed by atoms with E-state index >= 15 is 0 Å². The van der Waals surface area contributed by atoms with E-state index in [4.69, 9.17) is 10.2 Å². The third-order valence-corrected chi connectivity index (χ3v) is 6.35. The van der Waals surface area contributed by atoms with E-state index in [0.29, 0.717) is 24.8 Å². The molecule has 1 aliphatic carbocycles. The van der Waals surface area contributed by atoms with E-state index in [2.05, 4.69) is 37.9 Å². The molecule has 6 rings (SSSR count). The number of oxazole rings is 1. The maximum Gasteiger partial charge on any atom is 0.246 e. The van der Waals surface area contributed by atoms with Gasteiger partial charge in [-0.15, -0.1) is 0 Å². The molecule has 1 aromatic carbocycles. The van der Waals surface area contributed by atoms with Gasteiger partial charge in [-0.25, -0.2) is 15.0 Å². The summed E-state index contributed by atoms with van der Waals surface area (Å²) >= 11 is 0. The third kappa shape index (κ3) is 3.42. The third-order valence-electron chi connectivity index (χ3n) is 6.35. The molecule has 8 nitrogen and oxygen atoms in total. The Balaban J connectivity index is 1.36. The van der Waals surface area contributed by atoms with E-state index in [9.17, 15) is 4.79 Å². The van der Waals surface area contributed by atoms with Crippen molar-refractivity contribution in [3.8, 4) is 11.8 Å². The minimum atomic E-state index is -0.0591. The average Bonchev–Trinajstić information content (AvgIpc) is 3.24. The van der Waals surface area contributed by atoms with E-state index in [1.165, 1.54) is 12.4 Å². The maximum absolute atomic E-state index is 12.0. The summed E-state index contributed by atoms with van der Waals surface area (Å²) in [5.41, 5.74) is 10.2. The molecule has 1 aliphatic heterocycles. The lowest BCUT2D eigenvalue weighted by Gasteiger charge is -2.15. The van der Waals surface area contributed by atoms with Crippen molar-refractivity contribution >= 4 is 33.9 Å². The maximum atomic E-state index is 12.0. The summed E-state index contributed by atoms with van der Waals surface area (Å²) in [6.45, 7) is 4.86. The van der Waals surface area contributed by atoms with Crippen LogP contribution < -0.4 is 5.73 Å². The Hall–Kier alpha value is -4.12.